The summed E-state index contributed by atoms with van der Waals surface area (Å²) in [7, 11) is 0. The molecule has 20 heavy (non-hydrogen) atoms. The van der Waals surface area contributed by atoms with Crippen molar-refractivity contribution in [2.24, 2.45) is 0 Å². The highest BCUT2D eigenvalue weighted by atomic mass is 35.5. The van der Waals surface area contributed by atoms with E-state index in [1.54, 1.807) is 6.07 Å². The van der Waals surface area contributed by atoms with Crippen molar-refractivity contribution in [3.8, 4) is 0 Å². The van der Waals surface area contributed by atoms with E-state index in [4.69, 9.17) is 11.6 Å². The van der Waals surface area contributed by atoms with Gasteiger partial charge < -0.3 is 9.88 Å². The molecule has 4 nitrogen and oxygen atoms in total. The van der Waals surface area contributed by atoms with Crippen LogP contribution in [0.15, 0.2) is 23.0 Å². The molecule has 5 heteroatoms. The summed E-state index contributed by atoms with van der Waals surface area (Å²) in [6, 6.07) is 5.65. The topological polar surface area (TPSA) is 46.9 Å². The maximum Gasteiger partial charge on any atom is 0.282 e. The van der Waals surface area contributed by atoms with Crippen LogP contribution in [0.25, 0.3) is 10.9 Å². The minimum atomic E-state index is -0.184. The Labute approximate surface area is 121 Å². The molecule has 0 atom stereocenters. The minimum Gasteiger partial charge on any atom is -0.328 e. The van der Waals surface area contributed by atoms with Gasteiger partial charge in [-0.25, -0.2) is 0 Å². The van der Waals surface area contributed by atoms with E-state index in [9.17, 15) is 4.79 Å². The number of halogens is 1. The van der Waals surface area contributed by atoms with E-state index in [0.717, 1.165) is 50.2 Å². The zero-order valence-electron chi connectivity index (χ0n) is 11.2. The van der Waals surface area contributed by atoms with Crippen LogP contribution < -0.4 is 10.9 Å². The highest BCUT2D eigenvalue weighted by Gasteiger charge is 2.42. The molecule has 0 radical (unpaired) electrons. The quantitative estimate of drug-likeness (QED) is 0.808. The number of rotatable bonds is 0. The lowest BCUT2D eigenvalue weighted by atomic mass is 9.77. The van der Waals surface area contributed by atoms with Gasteiger partial charge in [0.05, 0.1) is 15.9 Å². The number of aromatic nitrogens is 2. The van der Waals surface area contributed by atoms with E-state index in [-0.39, 0.29) is 11.0 Å². The third-order valence-electron chi connectivity index (χ3n) is 4.81. The number of benzene rings is 1. The van der Waals surface area contributed by atoms with E-state index in [2.05, 4.69) is 14.9 Å². The van der Waals surface area contributed by atoms with Crippen LogP contribution in [0.3, 0.4) is 0 Å². The van der Waals surface area contributed by atoms with Crippen LogP contribution >= 0.6 is 11.6 Å². The van der Waals surface area contributed by atoms with E-state index in [1.807, 2.05) is 12.1 Å². The first-order valence-electron chi connectivity index (χ1n) is 7.12. The van der Waals surface area contributed by atoms with Crippen molar-refractivity contribution < 1.29 is 0 Å². The Hall–Kier alpha value is -1.39. The molecule has 0 unspecified atom stereocenters. The number of hydrogen-bond acceptors (Lipinski definition) is 3. The van der Waals surface area contributed by atoms with Gasteiger partial charge in [-0.2, -0.15) is 4.98 Å². The summed E-state index contributed by atoms with van der Waals surface area (Å²) >= 11 is 6.18. The maximum absolute atomic E-state index is 12.4. The fourth-order valence-electron chi connectivity index (χ4n) is 3.72. The van der Waals surface area contributed by atoms with E-state index < -0.39 is 0 Å². The Morgan fingerprint density at radius 1 is 1.25 bits per heavy atom. The molecule has 0 bridgehead atoms. The molecule has 3 heterocycles. The second kappa shape index (κ2) is 4.30. The molecule has 1 aromatic carbocycles. The van der Waals surface area contributed by atoms with Gasteiger partial charge in [0.25, 0.3) is 5.56 Å². The van der Waals surface area contributed by atoms with Crippen LogP contribution in [-0.2, 0) is 12.0 Å². The molecule has 104 valence electrons. The summed E-state index contributed by atoms with van der Waals surface area (Å²) in [5.41, 5.74) is 0.834. The highest BCUT2D eigenvalue weighted by molar-refractivity contribution is 6.35. The Bertz CT molecular complexity index is 747. The molecule has 1 aromatic heterocycles. The lowest BCUT2D eigenvalue weighted by molar-refractivity contribution is 0.300. The molecule has 0 aliphatic carbocycles. The van der Waals surface area contributed by atoms with Crippen LogP contribution in [0, 0.1) is 0 Å². The Morgan fingerprint density at radius 3 is 2.85 bits per heavy atom. The molecule has 0 amide bonds. The third-order valence-corrected chi connectivity index (χ3v) is 5.12. The van der Waals surface area contributed by atoms with Crippen molar-refractivity contribution in [2.75, 3.05) is 13.1 Å². The fraction of sp³-hybridized carbons (Fsp3) is 0.467. The van der Waals surface area contributed by atoms with Gasteiger partial charge in [0.15, 0.2) is 0 Å². The van der Waals surface area contributed by atoms with Crippen LogP contribution in [-0.4, -0.2) is 22.6 Å². The van der Waals surface area contributed by atoms with Crippen molar-refractivity contribution in [3.05, 3.63) is 39.4 Å². The molecule has 2 aromatic rings. The predicted octanol–water partition coefficient (Wildman–Crippen LogP) is 2.07. The molecule has 2 aliphatic rings. The standard InChI is InChI=1S/C15H16ClN3O/c16-10-2-1-3-11-12(10)13(20)18-14-15(6-9-19(11)14)4-7-17-8-5-15/h1-3,17H,4-9H2. The van der Waals surface area contributed by atoms with Gasteiger partial charge >= 0.3 is 0 Å². The minimum absolute atomic E-state index is 0.0842. The lowest BCUT2D eigenvalue weighted by Gasteiger charge is -2.32. The van der Waals surface area contributed by atoms with Crippen molar-refractivity contribution in [1.82, 2.24) is 14.9 Å². The number of fused-ring (bicyclic) bond motifs is 4. The Kier molecular flexibility index (Phi) is 2.66. The first-order valence-corrected chi connectivity index (χ1v) is 7.49. The van der Waals surface area contributed by atoms with E-state index in [1.165, 1.54) is 0 Å². The molecule has 2 aliphatic heterocycles. The van der Waals surface area contributed by atoms with Gasteiger partial charge in [-0.15, -0.1) is 0 Å². The zero-order chi connectivity index (χ0) is 13.7. The Morgan fingerprint density at radius 2 is 2.05 bits per heavy atom. The summed E-state index contributed by atoms with van der Waals surface area (Å²) < 4.78 is 2.20. The van der Waals surface area contributed by atoms with Crippen molar-refractivity contribution in [1.29, 1.82) is 0 Å². The summed E-state index contributed by atoms with van der Waals surface area (Å²) in [6.07, 6.45) is 3.20. The summed E-state index contributed by atoms with van der Waals surface area (Å²) in [5, 5.41) is 4.45. The van der Waals surface area contributed by atoms with Gasteiger partial charge in [0, 0.05) is 12.0 Å². The summed E-state index contributed by atoms with van der Waals surface area (Å²) in [5.74, 6) is 0.971. The monoisotopic (exact) mass is 289 g/mol. The molecule has 0 saturated carbocycles. The molecule has 1 spiro atoms. The second-order valence-electron chi connectivity index (χ2n) is 5.81. The van der Waals surface area contributed by atoms with Crippen molar-refractivity contribution in [3.63, 3.8) is 0 Å². The second-order valence-corrected chi connectivity index (χ2v) is 6.21. The fourth-order valence-corrected chi connectivity index (χ4v) is 3.97. The smallest absolute Gasteiger partial charge is 0.282 e. The predicted molar refractivity (Wildman–Crippen MR) is 79.4 cm³/mol. The van der Waals surface area contributed by atoms with Crippen LogP contribution in [0.1, 0.15) is 25.1 Å². The number of aryl methyl sites for hydroxylation is 1. The lowest BCUT2D eigenvalue weighted by Crippen LogP contribution is -2.40. The normalized spacial score (nSPS) is 20.4. The highest BCUT2D eigenvalue weighted by Crippen LogP contribution is 2.41. The van der Waals surface area contributed by atoms with Gasteiger partial charge in [0.1, 0.15) is 5.82 Å². The first-order chi connectivity index (χ1) is 9.71. The SMILES string of the molecule is O=c1nc2n(c3cccc(Cl)c13)CCC21CCNCC1. The van der Waals surface area contributed by atoms with Gasteiger partial charge in [-0.05, 0) is 44.5 Å². The number of nitrogens with one attached hydrogen (secondary N) is 1. The van der Waals surface area contributed by atoms with Crippen LogP contribution in [0.5, 0.6) is 0 Å². The average Bonchev–Trinajstić information content (AvgIpc) is 2.79. The summed E-state index contributed by atoms with van der Waals surface area (Å²) in [4.78, 5) is 16.8. The van der Waals surface area contributed by atoms with Gasteiger partial charge in [0.2, 0.25) is 0 Å². The largest absolute Gasteiger partial charge is 0.328 e. The third kappa shape index (κ3) is 1.58. The molecular weight excluding hydrogens is 274 g/mol. The maximum atomic E-state index is 12.4. The van der Waals surface area contributed by atoms with Crippen LogP contribution in [0.4, 0.5) is 0 Å². The molecule has 1 fully saturated rings. The van der Waals surface area contributed by atoms with E-state index in [0.29, 0.717) is 10.4 Å². The van der Waals surface area contributed by atoms with Crippen LogP contribution in [0.2, 0.25) is 5.02 Å². The average molecular weight is 290 g/mol. The Balaban J connectivity index is 2.02. The molecule has 1 N–H and O–H groups in total. The van der Waals surface area contributed by atoms with Crippen molar-refractivity contribution >= 4 is 22.5 Å². The number of hydrogen-bond donors (Lipinski definition) is 1. The van der Waals surface area contributed by atoms with Gasteiger partial charge in [-0.3, -0.25) is 4.79 Å². The van der Waals surface area contributed by atoms with E-state index >= 15 is 0 Å². The molecule has 1 saturated heterocycles. The zero-order valence-corrected chi connectivity index (χ0v) is 11.9. The molecular formula is C15H16ClN3O. The first kappa shape index (κ1) is 12.4. The van der Waals surface area contributed by atoms with Gasteiger partial charge in [-0.1, -0.05) is 17.7 Å². The number of nitrogens with zero attached hydrogens (tertiary/aromatic N) is 2. The summed E-state index contributed by atoms with van der Waals surface area (Å²) in [6.45, 7) is 2.94. The molecule has 4 rings (SSSR count). The van der Waals surface area contributed by atoms with Crippen molar-refractivity contribution in [2.45, 2.75) is 31.2 Å². The number of piperidine rings is 1.